The average Bonchev–Trinajstić information content (AvgIpc) is 2.67. The third kappa shape index (κ3) is 3.74. The zero-order chi connectivity index (χ0) is 17.8. The summed E-state index contributed by atoms with van der Waals surface area (Å²) >= 11 is 0. The van der Waals surface area contributed by atoms with Gasteiger partial charge >= 0.3 is 5.97 Å². The Bertz CT molecular complexity index is 765. The fourth-order valence-corrected chi connectivity index (χ4v) is 2.93. The molecule has 0 saturated carbocycles. The van der Waals surface area contributed by atoms with Gasteiger partial charge in [0.1, 0.15) is 5.75 Å². The van der Waals surface area contributed by atoms with Gasteiger partial charge in [-0.05, 0) is 42.5 Å². The van der Waals surface area contributed by atoms with E-state index < -0.39 is 5.97 Å². The fourth-order valence-electron chi connectivity index (χ4n) is 2.93. The maximum absolute atomic E-state index is 12.6. The number of ether oxygens (including phenoxy) is 1. The number of anilines is 1. The van der Waals surface area contributed by atoms with Crippen LogP contribution in [0.3, 0.4) is 0 Å². The molecule has 0 unspecified atom stereocenters. The first-order valence-corrected chi connectivity index (χ1v) is 8.10. The lowest BCUT2D eigenvalue weighted by atomic mass is 10.1. The van der Waals surface area contributed by atoms with E-state index in [1.807, 2.05) is 24.3 Å². The molecule has 130 valence electrons. The Labute approximate surface area is 146 Å². The van der Waals surface area contributed by atoms with E-state index in [9.17, 15) is 9.59 Å². The summed E-state index contributed by atoms with van der Waals surface area (Å²) in [6.07, 6.45) is 0. The molecule has 3 rings (SSSR count). The Kier molecular flexibility index (Phi) is 4.88. The van der Waals surface area contributed by atoms with Gasteiger partial charge in [0.05, 0.1) is 12.7 Å². The highest BCUT2D eigenvalue weighted by Crippen LogP contribution is 2.21. The molecule has 2 aromatic carbocycles. The van der Waals surface area contributed by atoms with Crippen molar-refractivity contribution < 1.29 is 19.4 Å². The monoisotopic (exact) mass is 340 g/mol. The van der Waals surface area contributed by atoms with Crippen molar-refractivity contribution in [2.75, 3.05) is 38.2 Å². The molecule has 2 aromatic rings. The van der Waals surface area contributed by atoms with E-state index in [0.29, 0.717) is 18.7 Å². The van der Waals surface area contributed by atoms with Gasteiger partial charge in [-0.15, -0.1) is 0 Å². The van der Waals surface area contributed by atoms with Crippen LogP contribution < -0.4 is 9.64 Å². The number of piperazine rings is 1. The third-order valence-electron chi connectivity index (χ3n) is 4.36. The maximum Gasteiger partial charge on any atom is 0.335 e. The minimum Gasteiger partial charge on any atom is -0.497 e. The minimum atomic E-state index is -1.03. The van der Waals surface area contributed by atoms with E-state index in [4.69, 9.17) is 9.84 Å². The molecule has 0 spiro atoms. The predicted molar refractivity (Wildman–Crippen MR) is 94.5 cm³/mol. The number of amides is 1. The highest BCUT2D eigenvalue weighted by molar-refractivity contribution is 5.97. The quantitative estimate of drug-likeness (QED) is 0.925. The SMILES string of the molecule is COc1ccc(N2CCN(C(=O)c3cccc(C(=O)O)c3)CC2)cc1. The molecule has 1 heterocycles. The van der Waals surface area contributed by atoms with Crippen LogP contribution in [0, 0.1) is 0 Å². The number of aromatic carboxylic acids is 1. The van der Waals surface area contributed by atoms with Gasteiger partial charge < -0.3 is 19.6 Å². The number of carboxylic acids is 1. The van der Waals surface area contributed by atoms with Crippen LogP contribution in [0.15, 0.2) is 48.5 Å². The number of carbonyl (C=O) groups excluding carboxylic acids is 1. The molecule has 1 N–H and O–H groups in total. The second-order valence-corrected chi connectivity index (χ2v) is 5.86. The van der Waals surface area contributed by atoms with Gasteiger partial charge in [-0.1, -0.05) is 6.07 Å². The molecule has 6 heteroatoms. The lowest BCUT2D eigenvalue weighted by Gasteiger charge is -2.36. The van der Waals surface area contributed by atoms with Crippen LogP contribution in [0.5, 0.6) is 5.75 Å². The van der Waals surface area contributed by atoms with Crippen molar-refractivity contribution in [2.45, 2.75) is 0 Å². The smallest absolute Gasteiger partial charge is 0.335 e. The average molecular weight is 340 g/mol. The molecule has 1 fully saturated rings. The first-order chi connectivity index (χ1) is 12.1. The number of carbonyl (C=O) groups is 2. The molecule has 0 aromatic heterocycles. The number of hydrogen-bond acceptors (Lipinski definition) is 4. The van der Waals surface area contributed by atoms with E-state index in [0.717, 1.165) is 24.5 Å². The number of rotatable bonds is 4. The molecule has 1 aliphatic heterocycles. The Morgan fingerprint density at radius 2 is 1.60 bits per heavy atom. The second-order valence-electron chi connectivity index (χ2n) is 5.86. The van der Waals surface area contributed by atoms with Gasteiger partial charge in [-0.2, -0.15) is 0 Å². The molecule has 0 bridgehead atoms. The first-order valence-electron chi connectivity index (χ1n) is 8.10. The van der Waals surface area contributed by atoms with Crippen molar-refractivity contribution in [2.24, 2.45) is 0 Å². The van der Waals surface area contributed by atoms with Crippen LogP contribution in [-0.2, 0) is 0 Å². The van der Waals surface area contributed by atoms with Crippen molar-refractivity contribution in [3.05, 3.63) is 59.7 Å². The van der Waals surface area contributed by atoms with Gasteiger partial charge in [-0.3, -0.25) is 4.79 Å². The molecule has 6 nitrogen and oxygen atoms in total. The highest BCUT2D eigenvalue weighted by Gasteiger charge is 2.22. The molecule has 0 aliphatic carbocycles. The van der Waals surface area contributed by atoms with E-state index in [1.165, 1.54) is 12.1 Å². The molecule has 1 saturated heterocycles. The Morgan fingerprint density at radius 3 is 2.20 bits per heavy atom. The molecular formula is C19H20N2O4. The number of carboxylic acid groups (broad SMARTS) is 1. The summed E-state index contributed by atoms with van der Waals surface area (Å²) in [5, 5.41) is 9.06. The Balaban J connectivity index is 1.64. The van der Waals surface area contributed by atoms with Crippen LogP contribution in [0.4, 0.5) is 5.69 Å². The van der Waals surface area contributed by atoms with E-state index in [-0.39, 0.29) is 11.5 Å². The lowest BCUT2D eigenvalue weighted by Crippen LogP contribution is -2.48. The van der Waals surface area contributed by atoms with E-state index in [1.54, 1.807) is 24.1 Å². The van der Waals surface area contributed by atoms with E-state index >= 15 is 0 Å². The molecule has 0 atom stereocenters. The number of hydrogen-bond donors (Lipinski definition) is 1. The number of nitrogens with zero attached hydrogens (tertiary/aromatic N) is 2. The van der Waals surface area contributed by atoms with Gasteiger partial charge in [0.25, 0.3) is 5.91 Å². The summed E-state index contributed by atoms with van der Waals surface area (Å²) in [5.41, 5.74) is 1.64. The lowest BCUT2D eigenvalue weighted by molar-refractivity contribution is 0.0697. The Hall–Kier alpha value is -3.02. The molecular weight excluding hydrogens is 320 g/mol. The topological polar surface area (TPSA) is 70.1 Å². The van der Waals surface area contributed by atoms with Crippen LogP contribution in [-0.4, -0.2) is 55.2 Å². The van der Waals surface area contributed by atoms with Gasteiger partial charge in [0, 0.05) is 37.4 Å². The third-order valence-corrected chi connectivity index (χ3v) is 4.36. The summed E-state index contributed by atoms with van der Waals surface area (Å²) in [6, 6.07) is 14.0. The van der Waals surface area contributed by atoms with Crippen molar-refractivity contribution >= 4 is 17.6 Å². The standard InChI is InChI=1S/C19H20N2O4/c1-25-17-7-5-16(6-8-17)20-9-11-21(12-10-20)18(22)14-3-2-4-15(13-14)19(23)24/h2-8,13H,9-12H2,1H3,(H,23,24). The molecule has 1 amide bonds. The van der Waals surface area contributed by atoms with Gasteiger partial charge in [-0.25, -0.2) is 4.79 Å². The second kappa shape index (κ2) is 7.25. The largest absolute Gasteiger partial charge is 0.497 e. The number of benzene rings is 2. The van der Waals surface area contributed by atoms with Gasteiger partial charge in [0.2, 0.25) is 0 Å². The minimum absolute atomic E-state index is 0.127. The van der Waals surface area contributed by atoms with Crippen LogP contribution in [0.1, 0.15) is 20.7 Å². The normalized spacial score (nSPS) is 14.3. The summed E-state index contributed by atoms with van der Waals surface area (Å²) in [4.78, 5) is 27.6. The summed E-state index contributed by atoms with van der Waals surface area (Å²) in [7, 11) is 1.64. The zero-order valence-corrected chi connectivity index (χ0v) is 14.0. The van der Waals surface area contributed by atoms with Gasteiger partial charge in [0.15, 0.2) is 0 Å². The van der Waals surface area contributed by atoms with E-state index in [2.05, 4.69) is 4.90 Å². The zero-order valence-electron chi connectivity index (χ0n) is 14.0. The maximum atomic E-state index is 12.6. The summed E-state index contributed by atoms with van der Waals surface area (Å²) in [5.74, 6) is -0.340. The fraction of sp³-hybridized carbons (Fsp3) is 0.263. The molecule has 25 heavy (non-hydrogen) atoms. The van der Waals surface area contributed by atoms with Crippen LogP contribution in [0.25, 0.3) is 0 Å². The van der Waals surface area contributed by atoms with Crippen molar-refractivity contribution in [1.29, 1.82) is 0 Å². The predicted octanol–water partition coefficient (Wildman–Crippen LogP) is 2.36. The summed E-state index contributed by atoms with van der Waals surface area (Å²) in [6.45, 7) is 2.66. The van der Waals surface area contributed by atoms with Crippen LogP contribution >= 0.6 is 0 Å². The first kappa shape index (κ1) is 16.8. The van der Waals surface area contributed by atoms with Crippen LogP contribution in [0.2, 0.25) is 0 Å². The van der Waals surface area contributed by atoms with Crippen molar-refractivity contribution in [1.82, 2.24) is 4.90 Å². The molecule has 0 radical (unpaired) electrons. The van der Waals surface area contributed by atoms with Crippen molar-refractivity contribution in [3.8, 4) is 5.75 Å². The van der Waals surface area contributed by atoms with Crippen molar-refractivity contribution in [3.63, 3.8) is 0 Å². The molecule has 1 aliphatic rings. The Morgan fingerprint density at radius 1 is 0.960 bits per heavy atom. The number of methoxy groups -OCH3 is 1. The summed E-state index contributed by atoms with van der Waals surface area (Å²) < 4.78 is 5.17. The highest BCUT2D eigenvalue weighted by atomic mass is 16.5.